The van der Waals surface area contributed by atoms with E-state index >= 15 is 0 Å². The number of rotatable bonds is 2. The van der Waals surface area contributed by atoms with Crippen LogP contribution in [0.2, 0.25) is 0 Å². The Labute approximate surface area is 150 Å². The smallest absolute Gasteiger partial charge is 0.268 e. The molecule has 3 nitrogen and oxygen atoms in total. The summed E-state index contributed by atoms with van der Waals surface area (Å²) < 4.78 is 0. The zero-order chi connectivity index (χ0) is 17.6. The number of anilines is 1. The number of hydrogen-bond donors (Lipinski definition) is 0. The zero-order valence-corrected chi connectivity index (χ0v) is 15.2. The van der Waals surface area contributed by atoms with E-state index in [2.05, 4.69) is 25.1 Å². The molecule has 0 unspecified atom stereocenters. The summed E-state index contributed by atoms with van der Waals surface area (Å²) in [6.45, 7) is 4.09. The minimum absolute atomic E-state index is 0.00228. The van der Waals surface area contributed by atoms with Gasteiger partial charge in [0, 0.05) is 23.5 Å². The fourth-order valence-corrected chi connectivity index (χ4v) is 4.07. The maximum absolute atomic E-state index is 12.9. The average Bonchev–Trinajstić information content (AvgIpc) is 3.01. The molecule has 124 valence electrons. The van der Waals surface area contributed by atoms with Gasteiger partial charge < -0.3 is 4.90 Å². The minimum atomic E-state index is -0.00228. The minimum Gasteiger partial charge on any atom is -0.310 e. The van der Waals surface area contributed by atoms with Crippen molar-refractivity contribution >= 4 is 44.1 Å². The highest BCUT2D eigenvalue weighted by molar-refractivity contribution is 7.20. The molecule has 0 atom stereocenters. The van der Waals surface area contributed by atoms with Gasteiger partial charge >= 0.3 is 0 Å². The van der Waals surface area contributed by atoms with E-state index in [9.17, 15) is 4.79 Å². The molecule has 0 aliphatic rings. The molecule has 0 bridgehead atoms. The van der Waals surface area contributed by atoms with Crippen LogP contribution < -0.4 is 4.90 Å². The highest BCUT2D eigenvalue weighted by Gasteiger charge is 2.18. The van der Waals surface area contributed by atoms with Gasteiger partial charge in [-0.25, -0.2) is 4.98 Å². The molecule has 0 fully saturated rings. The van der Waals surface area contributed by atoms with Gasteiger partial charge in [-0.05, 0) is 49.7 Å². The Hall–Kier alpha value is -2.72. The van der Waals surface area contributed by atoms with Crippen molar-refractivity contribution in [3.8, 4) is 0 Å². The average molecular weight is 346 g/mol. The van der Waals surface area contributed by atoms with Crippen molar-refractivity contribution < 1.29 is 4.79 Å². The second-order valence-corrected chi connectivity index (χ2v) is 7.37. The SMILES string of the molecule is Cc1ccc2nc3sc(C(=O)N(C)c4ccccc4C)cc3cc2c1. The Balaban J connectivity index is 1.77. The first kappa shape index (κ1) is 15.8. The monoisotopic (exact) mass is 346 g/mol. The van der Waals surface area contributed by atoms with E-state index in [-0.39, 0.29) is 5.91 Å². The van der Waals surface area contributed by atoms with Crippen molar-refractivity contribution in [2.75, 3.05) is 11.9 Å². The van der Waals surface area contributed by atoms with Crippen molar-refractivity contribution in [3.63, 3.8) is 0 Å². The van der Waals surface area contributed by atoms with Crippen molar-refractivity contribution in [2.45, 2.75) is 13.8 Å². The normalized spacial score (nSPS) is 11.2. The summed E-state index contributed by atoms with van der Waals surface area (Å²) in [6, 6.07) is 18.2. The predicted molar refractivity (Wildman–Crippen MR) is 106 cm³/mol. The van der Waals surface area contributed by atoms with E-state index in [0.717, 1.165) is 32.4 Å². The molecule has 0 radical (unpaired) electrons. The fraction of sp³-hybridized carbons (Fsp3) is 0.143. The summed E-state index contributed by atoms with van der Waals surface area (Å²) in [5.74, 6) is -0.00228. The molecule has 4 aromatic rings. The highest BCUT2D eigenvalue weighted by atomic mass is 32.1. The third kappa shape index (κ3) is 2.79. The van der Waals surface area contributed by atoms with Crippen molar-refractivity contribution in [1.82, 2.24) is 4.98 Å². The standard InChI is InChI=1S/C21H18N2OS/c1-13-8-9-17-15(10-13)11-16-12-19(25-20(16)22-17)21(24)23(3)18-7-5-4-6-14(18)2/h4-12H,1-3H3. The van der Waals surface area contributed by atoms with Gasteiger partial charge in [0.05, 0.1) is 10.4 Å². The Kier molecular flexibility index (Phi) is 3.77. The van der Waals surface area contributed by atoms with Gasteiger partial charge in [-0.15, -0.1) is 11.3 Å². The number of thiophene rings is 1. The van der Waals surface area contributed by atoms with Crippen LogP contribution in [0.4, 0.5) is 5.69 Å². The summed E-state index contributed by atoms with van der Waals surface area (Å²) in [5, 5.41) is 2.13. The third-order valence-electron chi connectivity index (χ3n) is 4.45. The van der Waals surface area contributed by atoms with E-state index in [1.165, 1.54) is 16.9 Å². The number of aromatic nitrogens is 1. The largest absolute Gasteiger partial charge is 0.310 e. The Morgan fingerprint density at radius 3 is 2.60 bits per heavy atom. The van der Waals surface area contributed by atoms with Crippen molar-refractivity contribution in [2.24, 2.45) is 0 Å². The predicted octanol–water partition coefficient (Wildman–Crippen LogP) is 5.34. The van der Waals surface area contributed by atoms with Crippen LogP contribution in [0.1, 0.15) is 20.8 Å². The zero-order valence-electron chi connectivity index (χ0n) is 14.4. The van der Waals surface area contributed by atoms with Gasteiger partial charge in [0.25, 0.3) is 5.91 Å². The molecule has 0 saturated carbocycles. The lowest BCUT2D eigenvalue weighted by Gasteiger charge is -2.18. The lowest BCUT2D eigenvalue weighted by Crippen LogP contribution is -2.25. The summed E-state index contributed by atoms with van der Waals surface area (Å²) in [4.78, 5) is 21.0. The van der Waals surface area contributed by atoms with Gasteiger partial charge in [0.15, 0.2) is 0 Å². The molecule has 0 aliphatic carbocycles. The van der Waals surface area contributed by atoms with E-state index < -0.39 is 0 Å². The maximum atomic E-state index is 12.9. The van der Waals surface area contributed by atoms with E-state index in [0.29, 0.717) is 4.88 Å². The van der Waals surface area contributed by atoms with Crippen LogP contribution in [0.3, 0.4) is 0 Å². The highest BCUT2D eigenvalue weighted by Crippen LogP contribution is 2.30. The van der Waals surface area contributed by atoms with Crippen LogP contribution in [0.25, 0.3) is 21.1 Å². The first-order valence-electron chi connectivity index (χ1n) is 8.17. The van der Waals surface area contributed by atoms with Crippen LogP contribution in [0, 0.1) is 13.8 Å². The van der Waals surface area contributed by atoms with Crippen LogP contribution in [-0.4, -0.2) is 17.9 Å². The number of aryl methyl sites for hydroxylation is 2. The first-order chi connectivity index (χ1) is 12.0. The molecule has 2 aromatic heterocycles. The number of pyridine rings is 1. The van der Waals surface area contributed by atoms with E-state index in [4.69, 9.17) is 4.98 Å². The molecule has 0 aliphatic heterocycles. The van der Waals surface area contributed by atoms with Crippen LogP contribution in [0.5, 0.6) is 0 Å². The van der Waals surface area contributed by atoms with Crippen molar-refractivity contribution in [1.29, 1.82) is 0 Å². The molecule has 4 rings (SSSR count). The van der Waals surface area contributed by atoms with Crippen LogP contribution in [-0.2, 0) is 0 Å². The molecular formula is C21H18N2OS. The van der Waals surface area contributed by atoms with Gasteiger partial charge in [0.1, 0.15) is 4.83 Å². The Morgan fingerprint density at radius 1 is 1.00 bits per heavy atom. The molecule has 4 heteroatoms. The number of hydrogen-bond acceptors (Lipinski definition) is 3. The summed E-state index contributed by atoms with van der Waals surface area (Å²) in [7, 11) is 1.82. The van der Waals surface area contributed by atoms with Gasteiger partial charge in [0.2, 0.25) is 0 Å². The maximum Gasteiger partial charge on any atom is 0.268 e. The lowest BCUT2D eigenvalue weighted by molar-refractivity contribution is 0.0997. The van der Waals surface area contributed by atoms with Gasteiger partial charge in [-0.3, -0.25) is 4.79 Å². The molecule has 0 N–H and O–H groups in total. The molecule has 2 aromatic carbocycles. The lowest BCUT2D eigenvalue weighted by atomic mass is 10.1. The molecule has 25 heavy (non-hydrogen) atoms. The van der Waals surface area contributed by atoms with E-state index in [1.807, 2.05) is 50.4 Å². The number of benzene rings is 2. The summed E-state index contributed by atoms with van der Waals surface area (Å²) >= 11 is 1.45. The number of amides is 1. The molecule has 0 saturated heterocycles. The summed E-state index contributed by atoms with van der Waals surface area (Å²) in [6.07, 6.45) is 0. The second kappa shape index (κ2) is 5.97. The van der Waals surface area contributed by atoms with E-state index in [1.54, 1.807) is 4.90 Å². The van der Waals surface area contributed by atoms with Crippen LogP contribution >= 0.6 is 11.3 Å². The van der Waals surface area contributed by atoms with Gasteiger partial charge in [-0.2, -0.15) is 0 Å². The third-order valence-corrected chi connectivity index (χ3v) is 5.48. The second-order valence-electron chi connectivity index (χ2n) is 6.34. The molecule has 2 heterocycles. The Bertz CT molecular complexity index is 1110. The van der Waals surface area contributed by atoms with Crippen LogP contribution in [0.15, 0.2) is 54.6 Å². The number of carbonyl (C=O) groups is 1. The molecule has 1 amide bonds. The first-order valence-corrected chi connectivity index (χ1v) is 8.99. The summed E-state index contributed by atoms with van der Waals surface area (Å²) in [5.41, 5.74) is 4.18. The number of nitrogens with zero attached hydrogens (tertiary/aromatic N) is 2. The Morgan fingerprint density at radius 2 is 1.80 bits per heavy atom. The van der Waals surface area contributed by atoms with Crippen molar-refractivity contribution in [3.05, 3.63) is 70.6 Å². The number of fused-ring (bicyclic) bond motifs is 2. The van der Waals surface area contributed by atoms with Gasteiger partial charge in [-0.1, -0.05) is 29.8 Å². The topological polar surface area (TPSA) is 33.2 Å². The molecule has 0 spiro atoms. The number of para-hydroxylation sites is 1. The number of carbonyl (C=O) groups excluding carboxylic acids is 1. The molecular weight excluding hydrogens is 328 g/mol. The fourth-order valence-electron chi connectivity index (χ4n) is 3.07. The quantitative estimate of drug-likeness (QED) is 0.491.